The molecule has 0 N–H and O–H groups in total. The molecule has 2 aromatic heterocycles. The smallest absolute Gasteiger partial charge is 0.309 e. The summed E-state index contributed by atoms with van der Waals surface area (Å²) in [5, 5.41) is 4.53. The molecule has 1 aliphatic rings. The molecular formula is C49H42F6N2. The van der Waals surface area contributed by atoms with Gasteiger partial charge in [0.1, 0.15) is 0 Å². The predicted octanol–water partition coefficient (Wildman–Crippen LogP) is 15.2. The second-order valence-corrected chi connectivity index (χ2v) is 15.6. The van der Waals surface area contributed by atoms with Crippen molar-refractivity contribution in [2.75, 3.05) is 0 Å². The van der Waals surface area contributed by atoms with Crippen molar-refractivity contribution in [1.82, 2.24) is 9.13 Å². The van der Waals surface area contributed by atoms with Crippen molar-refractivity contribution in [1.29, 1.82) is 0 Å². The minimum atomic E-state index is -4.23. The number of nitrogens with zero attached hydrogens (tertiary/aromatic N) is 2. The van der Waals surface area contributed by atoms with Gasteiger partial charge in [-0.1, -0.05) is 111 Å². The summed E-state index contributed by atoms with van der Waals surface area (Å²) in [5.74, 6) is 0. The lowest BCUT2D eigenvalue weighted by molar-refractivity contribution is -0.136. The first-order valence-electron chi connectivity index (χ1n) is 19.9. The first-order chi connectivity index (χ1) is 27.5. The van der Waals surface area contributed by atoms with Gasteiger partial charge in [-0.25, -0.2) is 0 Å². The van der Waals surface area contributed by atoms with Crippen LogP contribution < -0.4 is 0 Å². The highest BCUT2D eigenvalue weighted by Gasteiger charge is 2.43. The van der Waals surface area contributed by atoms with Gasteiger partial charge in [-0.15, -0.1) is 0 Å². The number of hydrogen-bond donors (Lipinski definition) is 0. The van der Waals surface area contributed by atoms with Gasteiger partial charge < -0.3 is 9.13 Å². The van der Waals surface area contributed by atoms with E-state index in [4.69, 9.17) is 0 Å². The van der Waals surface area contributed by atoms with Crippen LogP contribution in [0.4, 0.5) is 26.3 Å². The third kappa shape index (κ3) is 6.77. The molecule has 0 aliphatic heterocycles. The van der Waals surface area contributed by atoms with Gasteiger partial charge in [0.05, 0.1) is 22.1 Å². The molecule has 0 bridgehead atoms. The molecule has 2 heterocycles. The SMILES string of the molecule is FC(F)(F)CCCCCC1(CCCCCC(F)(F)F)c2cc(-n3c4ccccc4c4ccccc43)ccc2-c2ccc(-n3c4ccccc4c4ccccc43)cc21. The van der Waals surface area contributed by atoms with E-state index in [1.807, 2.05) is 48.5 Å². The van der Waals surface area contributed by atoms with Crippen LogP contribution in [-0.2, 0) is 5.41 Å². The molecule has 0 fully saturated rings. The molecular weight excluding hydrogens is 731 g/mol. The molecule has 8 heteroatoms. The monoisotopic (exact) mass is 772 g/mol. The zero-order chi connectivity index (χ0) is 39.4. The maximum absolute atomic E-state index is 13.3. The Balaban J connectivity index is 1.22. The molecule has 0 amide bonds. The van der Waals surface area contributed by atoms with E-state index < -0.39 is 30.6 Å². The molecule has 1 aliphatic carbocycles. The van der Waals surface area contributed by atoms with Gasteiger partial charge in [0, 0.05) is 51.2 Å². The number of alkyl halides is 6. The Bertz CT molecular complexity index is 2450. The van der Waals surface area contributed by atoms with Gasteiger partial charge in [-0.2, -0.15) is 26.3 Å². The zero-order valence-corrected chi connectivity index (χ0v) is 31.4. The highest BCUT2D eigenvalue weighted by atomic mass is 19.4. The highest BCUT2D eigenvalue weighted by Crippen LogP contribution is 2.56. The van der Waals surface area contributed by atoms with Crippen LogP contribution in [0, 0.1) is 0 Å². The summed E-state index contributed by atoms with van der Waals surface area (Å²) in [5.41, 5.74) is 9.86. The minimum Gasteiger partial charge on any atom is -0.309 e. The van der Waals surface area contributed by atoms with E-state index in [-0.39, 0.29) is 12.8 Å². The molecule has 0 unspecified atom stereocenters. The number of unbranched alkanes of at least 4 members (excludes halogenated alkanes) is 4. The molecule has 9 rings (SSSR count). The van der Waals surface area contributed by atoms with E-state index >= 15 is 0 Å². The van der Waals surface area contributed by atoms with Crippen LogP contribution in [0.15, 0.2) is 133 Å². The van der Waals surface area contributed by atoms with Crippen molar-refractivity contribution in [3.63, 3.8) is 0 Å². The van der Waals surface area contributed by atoms with Gasteiger partial charge in [-0.3, -0.25) is 0 Å². The summed E-state index contributed by atoms with van der Waals surface area (Å²) >= 11 is 0. The summed E-state index contributed by atoms with van der Waals surface area (Å²) in [4.78, 5) is 0. The quantitative estimate of drug-likeness (QED) is 0.0865. The van der Waals surface area contributed by atoms with Crippen LogP contribution in [0.3, 0.4) is 0 Å². The fraction of sp³-hybridized carbons (Fsp3) is 0.265. The maximum atomic E-state index is 13.3. The molecule has 2 nitrogen and oxygen atoms in total. The highest BCUT2D eigenvalue weighted by molar-refractivity contribution is 6.10. The second kappa shape index (κ2) is 14.5. The summed E-state index contributed by atoms with van der Waals surface area (Å²) in [7, 11) is 0. The van der Waals surface area contributed by atoms with Crippen molar-refractivity contribution in [3.8, 4) is 22.5 Å². The average molecular weight is 773 g/mol. The van der Waals surface area contributed by atoms with Crippen LogP contribution in [0.2, 0.25) is 0 Å². The Morgan fingerprint density at radius 2 is 0.719 bits per heavy atom. The van der Waals surface area contributed by atoms with Gasteiger partial charge in [0.2, 0.25) is 0 Å². The molecule has 290 valence electrons. The van der Waals surface area contributed by atoms with Crippen molar-refractivity contribution in [2.24, 2.45) is 0 Å². The predicted molar refractivity (Wildman–Crippen MR) is 220 cm³/mol. The largest absolute Gasteiger partial charge is 0.389 e. The van der Waals surface area contributed by atoms with Crippen LogP contribution in [0.25, 0.3) is 66.1 Å². The third-order valence-corrected chi connectivity index (χ3v) is 12.1. The second-order valence-electron chi connectivity index (χ2n) is 15.6. The standard InChI is InChI=1S/C49H42F6N2/c50-48(51,52)29-13-1-11-27-47(28-12-2-14-30-49(53,54)55)41-31-33(56-43-19-7-3-15-37(43)38-16-4-8-20-44(38)56)23-25-35(41)36-26-24-34(32-42(36)47)57-45-21-9-5-17-39(45)40-18-6-10-22-46(40)57/h3-10,15-26,31-32H,1-2,11-14,27-30H2. The van der Waals surface area contributed by atoms with Crippen molar-refractivity contribution >= 4 is 43.6 Å². The van der Waals surface area contributed by atoms with E-state index in [2.05, 4.69) is 94.1 Å². The Kier molecular flexibility index (Phi) is 9.41. The molecule has 0 saturated carbocycles. The molecule has 6 aromatic carbocycles. The van der Waals surface area contributed by atoms with Crippen LogP contribution in [0.1, 0.15) is 75.3 Å². The Morgan fingerprint density at radius 3 is 1.05 bits per heavy atom. The van der Waals surface area contributed by atoms with Gasteiger partial charge >= 0.3 is 12.4 Å². The molecule has 0 radical (unpaired) electrons. The van der Waals surface area contributed by atoms with E-state index in [9.17, 15) is 26.3 Å². The molecule has 0 atom stereocenters. The summed E-state index contributed by atoms with van der Waals surface area (Å²) in [6, 6.07) is 46.4. The first-order valence-corrected chi connectivity index (χ1v) is 19.9. The molecule has 57 heavy (non-hydrogen) atoms. The van der Waals surface area contributed by atoms with Crippen molar-refractivity contribution in [3.05, 3.63) is 145 Å². The maximum Gasteiger partial charge on any atom is 0.389 e. The summed E-state index contributed by atoms with van der Waals surface area (Å²) in [6.45, 7) is 0. The van der Waals surface area contributed by atoms with E-state index in [1.165, 1.54) is 0 Å². The molecule has 8 aromatic rings. The Hall–Kier alpha value is -5.50. The van der Waals surface area contributed by atoms with E-state index in [1.54, 1.807) is 0 Å². The van der Waals surface area contributed by atoms with Crippen LogP contribution in [-0.4, -0.2) is 21.5 Å². The molecule has 0 saturated heterocycles. The number of halogens is 6. The number of rotatable bonds is 12. The van der Waals surface area contributed by atoms with Crippen LogP contribution in [0.5, 0.6) is 0 Å². The lowest BCUT2D eigenvalue weighted by Gasteiger charge is -2.33. The first kappa shape index (κ1) is 37.1. The van der Waals surface area contributed by atoms with Gasteiger partial charge in [0.15, 0.2) is 0 Å². The lowest BCUT2D eigenvalue weighted by Crippen LogP contribution is -2.26. The third-order valence-electron chi connectivity index (χ3n) is 12.1. The summed E-state index contributed by atoms with van der Waals surface area (Å²) < 4.78 is 84.3. The Morgan fingerprint density at radius 1 is 0.386 bits per heavy atom. The lowest BCUT2D eigenvalue weighted by atomic mass is 9.70. The van der Waals surface area contributed by atoms with Gasteiger partial charge in [0.25, 0.3) is 0 Å². The van der Waals surface area contributed by atoms with E-state index in [0.717, 1.165) is 77.2 Å². The normalized spacial score (nSPS) is 13.9. The van der Waals surface area contributed by atoms with E-state index in [0.29, 0.717) is 38.5 Å². The topological polar surface area (TPSA) is 9.86 Å². The number of aromatic nitrogens is 2. The fourth-order valence-corrected chi connectivity index (χ4v) is 9.67. The van der Waals surface area contributed by atoms with Crippen molar-refractivity contribution < 1.29 is 26.3 Å². The average Bonchev–Trinajstić information content (AvgIpc) is 3.81. The van der Waals surface area contributed by atoms with Crippen LogP contribution >= 0.6 is 0 Å². The number of hydrogen-bond acceptors (Lipinski definition) is 0. The zero-order valence-electron chi connectivity index (χ0n) is 31.4. The minimum absolute atomic E-state index is 0.0354. The summed E-state index contributed by atoms with van der Waals surface area (Å²) in [6.07, 6.45) is -6.98. The Labute approximate surface area is 327 Å². The van der Waals surface area contributed by atoms with Gasteiger partial charge in [-0.05, 0) is 96.5 Å². The van der Waals surface area contributed by atoms with Crippen molar-refractivity contribution in [2.45, 2.75) is 82.0 Å². The fourth-order valence-electron chi connectivity index (χ4n) is 9.67. The number of para-hydroxylation sites is 4. The number of fused-ring (bicyclic) bond motifs is 9. The molecule has 0 spiro atoms. The number of benzene rings is 6.